The highest BCUT2D eigenvalue weighted by molar-refractivity contribution is 7.09. The van der Waals surface area contributed by atoms with Gasteiger partial charge in [-0.3, -0.25) is 9.59 Å². The zero-order valence-electron chi connectivity index (χ0n) is 21.2. The Bertz CT molecular complexity index is 1230. The Morgan fingerprint density at radius 2 is 1.71 bits per heavy atom. The molecule has 6 nitrogen and oxygen atoms in total. The first kappa shape index (κ1) is 28.8. The Hall–Kier alpha value is -3.79. The molecule has 2 aromatic carbocycles. The summed E-state index contributed by atoms with van der Waals surface area (Å²) >= 11 is 1.52. The number of halogens is 3. The number of hydrogen-bond donors (Lipinski definition) is 0. The second-order valence-electron chi connectivity index (χ2n) is 8.38. The molecule has 0 saturated heterocycles. The quantitative estimate of drug-likeness (QED) is 0.274. The maximum absolute atomic E-state index is 13.4. The van der Waals surface area contributed by atoms with E-state index >= 15 is 0 Å². The number of thiophene rings is 1. The van der Waals surface area contributed by atoms with E-state index in [1.807, 2.05) is 29.6 Å². The largest absolute Gasteiger partial charge is 0.493 e. The van der Waals surface area contributed by atoms with Crippen LogP contribution in [0.5, 0.6) is 11.5 Å². The molecule has 0 radical (unpaired) electrons. The second kappa shape index (κ2) is 13.1. The number of ether oxygens (including phenoxy) is 2. The predicted molar refractivity (Wildman–Crippen MR) is 141 cm³/mol. The summed E-state index contributed by atoms with van der Waals surface area (Å²) in [4.78, 5) is 30.4. The Balaban J connectivity index is 1.76. The fourth-order valence-electron chi connectivity index (χ4n) is 3.81. The molecular formula is C28H29F3N2O4S. The van der Waals surface area contributed by atoms with Gasteiger partial charge in [-0.15, -0.1) is 17.9 Å². The van der Waals surface area contributed by atoms with Crippen LogP contribution in [-0.2, 0) is 23.9 Å². The van der Waals surface area contributed by atoms with Crippen LogP contribution in [0.1, 0.15) is 26.4 Å². The topological polar surface area (TPSA) is 59.1 Å². The van der Waals surface area contributed by atoms with E-state index in [1.54, 1.807) is 25.2 Å². The van der Waals surface area contributed by atoms with Gasteiger partial charge in [0.1, 0.15) is 6.54 Å². The Morgan fingerprint density at radius 3 is 2.29 bits per heavy atom. The number of benzene rings is 2. The van der Waals surface area contributed by atoms with Gasteiger partial charge in [0.05, 0.1) is 26.3 Å². The number of carbonyl (C=O) groups is 2. The van der Waals surface area contributed by atoms with Crippen molar-refractivity contribution in [2.75, 3.05) is 33.9 Å². The summed E-state index contributed by atoms with van der Waals surface area (Å²) in [6.45, 7) is 4.21. The summed E-state index contributed by atoms with van der Waals surface area (Å²) in [5.41, 5.74) is 0.149. The highest BCUT2D eigenvalue weighted by atomic mass is 32.1. The van der Waals surface area contributed by atoms with Crippen molar-refractivity contribution in [2.24, 2.45) is 0 Å². The third-order valence-electron chi connectivity index (χ3n) is 5.82. The number of methoxy groups -OCH3 is 2. The molecule has 0 bridgehead atoms. The fourth-order valence-corrected chi connectivity index (χ4v) is 4.52. The second-order valence-corrected chi connectivity index (χ2v) is 9.42. The van der Waals surface area contributed by atoms with Crippen molar-refractivity contribution in [2.45, 2.75) is 19.1 Å². The van der Waals surface area contributed by atoms with Crippen LogP contribution in [0.4, 0.5) is 13.2 Å². The lowest BCUT2D eigenvalue weighted by Crippen LogP contribution is -2.43. The van der Waals surface area contributed by atoms with Crippen molar-refractivity contribution < 1.29 is 32.2 Å². The third kappa shape index (κ3) is 7.61. The van der Waals surface area contributed by atoms with Gasteiger partial charge < -0.3 is 19.3 Å². The Morgan fingerprint density at radius 1 is 1.00 bits per heavy atom. The monoisotopic (exact) mass is 546 g/mol. The Kier molecular flexibility index (Phi) is 9.95. The molecule has 3 aromatic rings. The zero-order chi connectivity index (χ0) is 27.7. The minimum atomic E-state index is -4.51. The van der Waals surface area contributed by atoms with Crippen LogP contribution in [0.25, 0.3) is 0 Å². The number of rotatable bonds is 12. The van der Waals surface area contributed by atoms with Gasteiger partial charge in [-0.1, -0.05) is 18.2 Å². The average molecular weight is 547 g/mol. The molecule has 202 valence electrons. The standard InChI is InChI=1S/C28H29F3N2O4S/c1-4-14-33(27(35)21-8-10-22(11-9-21)28(29,30)31)19-26(34)32(18-23-6-5-16-38-23)15-13-20-7-12-24(36-2)25(17-20)37-3/h4-12,16-17H,1,13-15,18-19H2,2-3H3. The number of carbonyl (C=O) groups excluding carboxylic acids is 2. The van der Waals surface area contributed by atoms with E-state index in [0.29, 0.717) is 31.0 Å². The molecule has 2 amide bonds. The summed E-state index contributed by atoms with van der Waals surface area (Å²) in [5.74, 6) is 0.342. The van der Waals surface area contributed by atoms with E-state index in [2.05, 4.69) is 6.58 Å². The maximum Gasteiger partial charge on any atom is 0.416 e. The SMILES string of the molecule is C=CCN(CC(=O)N(CCc1ccc(OC)c(OC)c1)Cc1cccs1)C(=O)c1ccc(C(F)(F)F)cc1. The molecule has 0 aliphatic carbocycles. The van der Waals surface area contributed by atoms with Crippen molar-refractivity contribution in [1.82, 2.24) is 9.80 Å². The molecule has 0 unspecified atom stereocenters. The van der Waals surface area contributed by atoms with E-state index in [-0.39, 0.29) is 24.6 Å². The van der Waals surface area contributed by atoms with Crippen molar-refractivity contribution in [3.05, 3.63) is 94.2 Å². The molecule has 0 aliphatic rings. The van der Waals surface area contributed by atoms with Gasteiger partial charge in [0.2, 0.25) is 5.91 Å². The average Bonchev–Trinajstić information content (AvgIpc) is 3.43. The minimum Gasteiger partial charge on any atom is -0.493 e. The summed E-state index contributed by atoms with van der Waals surface area (Å²) in [7, 11) is 3.11. The van der Waals surface area contributed by atoms with Crippen molar-refractivity contribution in [3.8, 4) is 11.5 Å². The highest BCUT2D eigenvalue weighted by Gasteiger charge is 2.30. The van der Waals surface area contributed by atoms with Crippen molar-refractivity contribution in [1.29, 1.82) is 0 Å². The van der Waals surface area contributed by atoms with E-state index in [4.69, 9.17) is 9.47 Å². The molecule has 0 saturated carbocycles. The third-order valence-corrected chi connectivity index (χ3v) is 6.68. The van der Waals surface area contributed by atoms with E-state index in [0.717, 1.165) is 34.7 Å². The lowest BCUT2D eigenvalue weighted by Gasteiger charge is -2.27. The highest BCUT2D eigenvalue weighted by Crippen LogP contribution is 2.30. The zero-order valence-corrected chi connectivity index (χ0v) is 22.0. The number of nitrogens with zero attached hydrogens (tertiary/aromatic N) is 2. The fraction of sp³-hybridized carbons (Fsp3) is 0.286. The molecule has 0 atom stereocenters. The van der Waals surface area contributed by atoms with Crippen LogP contribution in [-0.4, -0.2) is 55.5 Å². The van der Waals surface area contributed by atoms with Gasteiger partial charge in [-0.25, -0.2) is 0 Å². The van der Waals surface area contributed by atoms with Crippen LogP contribution in [0.15, 0.2) is 72.6 Å². The molecule has 0 N–H and O–H groups in total. The van der Waals surface area contributed by atoms with Crippen LogP contribution < -0.4 is 9.47 Å². The molecule has 0 fully saturated rings. The van der Waals surface area contributed by atoms with E-state index in [9.17, 15) is 22.8 Å². The van der Waals surface area contributed by atoms with Crippen LogP contribution in [0, 0.1) is 0 Å². The summed E-state index contributed by atoms with van der Waals surface area (Å²) < 4.78 is 49.4. The summed E-state index contributed by atoms with van der Waals surface area (Å²) in [5, 5.41) is 1.92. The molecule has 3 rings (SSSR count). The van der Waals surface area contributed by atoms with E-state index in [1.165, 1.54) is 22.3 Å². The number of alkyl halides is 3. The molecular weight excluding hydrogens is 517 g/mol. The Labute approximate surface area is 223 Å². The molecule has 1 heterocycles. The molecule has 0 spiro atoms. The van der Waals surface area contributed by atoms with Crippen molar-refractivity contribution in [3.63, 3.8) is 0 Å². The first-order valence-electron chi connectivity index (χ1n) is 11.7. The van der Waals surface area contributed by atoms with Gasteiger partial charge in [0.25, 0.3) is 5.91 Å². The van der Waals surface area contributed by atoms with Gasteiger partial charge in [-0.05, 0) is 59.8 Å². The van der Waals surface area contributed by atoms with Gasteiger partial charge in [0.15, 0.2) is 11.5 Å². The van der Waals surface area contributed by atoms with Crippen molar-refractivity contribution >= 4 is 23.2 Å². The summed E-state index contributed by atoms with van der Waals surface area (Å²) in [6.07, 6.45) is -2.50. The van der Waals surface area contributed by atoms with Crippen LogP contribution in [0.2, 0.25) is 0 Å². The molecule has 1 aromatic heterocycles. The van der Waals surface area contributed by atoms with E-state index < -0.39 is 17.6 Å². The molecule has 38 heavy (non-hydrogen) atoms. The van der Waals surface area contributed by atoms with Gasteiger partial charge in [0, 0.05) is 23.5 Å². The lowest BCUT2D eigenvalue weighted by molar-refractivity contribution is -0.137. The normalized spacial score (nSPS) is 11.1. The first-order chi connectivity index (χ1) is 18.2. The van der Waals surface area contributed by atoms with Gasteiger partial charge >= 0.3 is 6.18 Å². The summed E-state index contributed by atoms with van der Waals surface area (Å²) in [6, 6.07) is 13.3. The number of amides is 2. The lowest BCUT2D eigenvalue weighted by atomic mass is 10.1. The molecule has 0 aliphatic heterocycles. The minimum absolute atomic E-state index is 0.0581. The van der Waals surface area contributed by atoms with Crippen LogP contribution >= 0.6 is 11.3 Å². The predicted octanol–water partition coefficient (Wildman–Crippen LogP) is 5.68. The van der Waals surface area contributed by atoms with Gasteiger partial charge in [-0.2, -0.15) is 13.2 Å². The smallest absolute Gasteiger partial charge is 0.416 e. The first-order valence-corrected chi connectivity index (χ1v) is 12.6. The number of hydrogen-bond acceptors (Lipinski definition) is 5. The van der Waals surface area contributed by atoms with Crippen LogP contribution in [0.3, 0.4) is 0 Å². The maximum atomic E-state index is 13.4. The molecule has 10 heteroatoms.